The second kappa shape index (κ2) is 6.82. The van der Waals surface area contributed by atoms with Gasteiger partial charge in [0.25, 0.3) is 0 Å². The maximum atomic E-state index is 10.5. The van der Waals surface area contributed by atoms with Gasteiger partial charge in [0.05, 0.1) is 18.9 Å². The van der Waals surface area contributed by atoms with Crippen LogP contribution in [0.4, 0.5) is 5.69 Å². The largest absolute Gasteiger partial charge is 0.490 e. The van der Waals surface area contributed by atoms with Gasteiger partial charge >= 0.3 is 0 Å². The van der Waals surface area contributed by atoms with Crippen molar-refractivity contribution in [1.29, 1.82) is 0 Å². The molecule has 0 spiro atoms. The van der Waals surface area contributed by atoms with Crippen molar-refractivity contribution in [2.24, 2.45) is 4.99 Å². The van der Waals surface area contributed by atoms with E-state index in [4.69, 9.17) is 9.47 Å². The van der Waals surface area contributed by atoms with Crippen LogP contribution in [0.3, 0.4) is 0 Å². The molecule has 0 unspecified atom stereocenters. The Morgan fingerprint density at radius 2 is 1.89 bits per heavy atom. The minimum absolute atomic E-state index is 0.180. The van der Waals surface area contributed by atoms with Crippen molar-refractivity contribution in [1.82, 2.24) is 0 Å². The number of isocyanates is 1. The van der Waals surface area contributed by atoms with Gasteiger partial charge in [0.1, 0.15) is 0 Å². The zero-order valence-electron chi connectivity index (χ0n) is 11.3. The molecule has 1 aromatic carbocycles. The first-order valence-electron chi connectivity index (χ1n) is 6.16. The maximum Gasteiger partial charge on any atom is 0.240 e. The van der Waals surface area contributed by atoms with Crippen molar-refractivity contribution in [2.45, 2.75) is 33.6 Å². The van der Waals surface area contributed by atoms with E-state index in [2.05, 4.69) is 4.99 Å². The van der Waals surface area contributed by atoms with Crippen LogP contribution in [0.2, 0.25) is 0 Å². The smallest absolute Gasteiger partial charge is 0.240 e. The van der Waals surface area contributed by atoms with Crippen LogP contribution in [0, 0.1) is 0 Å². The summed E-state index contributed by atoms with van der Waals surface area (Å²) in [6.45, 7) is 8.98. The minimum atomic E-state index is 0.180. The fourth-order valence-electron chi connectivity index (χ4n) is 1.84. The molecule has 0 aromatic heterocycles. The Morgan fingerprint density at radius 3 is 2.39 bits per heavy atom. The molecule has 0 atom stereocenters. The van der Waals surface area contributed by atoms with Gasteiger partial charge in [-0.05, 0) is 31.9 Å². The lowest BCUT2D eigenvalue weighted by atomic mass is 9.99. The van der Waals surface area contributed by atoms with E-state index in [-0.39, 0.29) is 5.92 Å². The summed E-state index contributed by atoms with van der Waals surface area (Å²) in [6, 6.07) is 3.53. The molecule has 0 saturated heterocycles. The van der Waals surface area contributed by atoms with Crippen LogP contribution in [-0.2, 0) is 4.79 Å². The summed E-state index contributed by atoms with van der Waals surface area (Å²) in [7, 11) is 0. The van der Waals surface area contributed by atoms with Gasteiger partial charge in [0, 0.05) is 5.56 Å². The second-order valence-electron chi connectivity index (χ2n) is 4.05. The van der Waals surface area contributed by atoms with Crippen LogP contribution < -0.4 is 9.47 Å². The predicted molar refractivity (Wildman–Crippen MR) is 70.7 cm³/mol. The molecule has 0 aliphatic rings. The number of rotatable bonds is 6. The molecular weight excluding hydrogens is 230 g/mol. The second-order valence-corrected chi connectivity index (χ2v) is 4.05. The van der Waals surface area contributed by atoms with E-state index in [0.717, 1.165) is 5.56 Å². The van der Waals surface area contributed by atoms with Crippen molar-refractivity contribution in [2.75, 3.05) is 13.2 Å². The minimum Gasteiger partial charge on any atom is -0.490 e. The van der Waals surface area contributed by atoms with Crippen LogP contribution in [0.5, 0.6) is 11.5 Å². The number of aliphatic imine (C=N–C) groups is 1. The highest BCUT2D eigenvalue weighted by Gasteiger charge is 2.18. The molecule has 0 saturated carbocycles. The highest BCUT2D eigenvalue weighted by Crippen LogP contribution is 2.42. The van der Waals surface area contributed by atoms with Gasteiger partial charge in [-0.2, -0.15) is 4.99 Å². The SMILES string of the molecule is CCOc1ccc(N=C=O)c(C(C)C)c1OCC. The van der Waals surface area contributed by atoms with Crippen LogP contribution >= 0.6 is 0 Å². The fraction of sp³-hybridized carbons (Fsp3) is 0.500. The lowest BCUT2D eigenvalue weighted by Gasteiger charge is -2.18. The Morgan fingerprint density at radius 1 is 1.22 bits per heavy atom. The lowest BCUT2D eigenvalue weighted by molar-refractivity contribution is 0.284. The summed E-state index contributed by atoms with van der Waals surface area (Å²) in [6.07, 6.45) is 1.58. The van der Waals surface area contributed by atoms with E-state index in [9.17, 15) is 4.79 Å². The summed E-state index contributed by atoms with van der Waals surface area (Å²) in [5, 5.41) is 0. The van der Waals surface area contributed by atoms with Gasteiger partial charge in [-0.1, -0.05) is 13.8 Å². The number of carbonyl (C=O) groups excluding carboxylic acids is 1. The standard InChI is InChI=1S/C14H19NO3/c1-5-17-12-8-7-11(15-9-16)13(10(3)4)14(12)18-6-2/h7-8,10H,5-6H2,1-4H3. The Balaban J connectivity index is 3.42. The monoisotopic (exact) mass is 249 g/mol. The van der Waals surface area contributed by atoms with E-state index in [0.29, 0.717) is 30.4 Å². The van der Waals surface area contributed by atoms with Gasteiger partial charge in [-0.15, -0.1) is 0 Å². The fourth-order valence-corrected chi connectivity index (χ4v) is 1.84. The summed E-state index contributed by atoms with van der Waals surface area (Å²) in [5.41, 5.74) is 1.47. The maximum absolute atomic E-state index is 10.5. The molecule has 98 valence electrons. The van der Waals surface area contributed by atoms with Gasteiger partial charge < -0.3 is 9.47 Å². The lowest BCUT2D eigenvalue weighted by Crippen LogP contribution is -2.03. The summed E-state index contributed by atoms with van der Waals surface area (Å²) in [4.78, 5) is 14.2. The van der Waals surface area contributed by atoms with E-state index in [1.807, 2.05) is 27.7 Å². The number of ether oxygens (including phenoxy) is 2. The third-order valence-electron chi connectivity index (χ3n) is 2.47. The average molecular weight is 249 g/mol. The molecule has 0 fully saturated rings. The third-order valence-corrected chi connectivity index (χ3v) is 2.47. The molecule has 4 heteroatoms. The Kier molecular flexibility index (Phi) is 5.40. The van der Waals surface area contributed by atoms with Gasteiger partial charge in [-0.25, -0.2) is 4.79 Å². The quantitative estimate of drug-likeness (QED) is 0.572. The molecule has 1 rings (SSSR count). The van der Waals surface area contributed by atoms with Crippen molar-refractivity contribution in [3.05, 3.63) is 17.7 Å². The van der Waals surface area contributed by atoms with Gasteiger partial charge in [-0.3, -0.25) is 0 Å². The number of hydrogen-bond acceptors (Lipinski definition) is 4. The first kappa shape index (κ1) is 14.3. The molecule has 4 nitrogen and oxygen atoms in total. The van der Waals surface area contributed by atoms with E-state index < -0.39 is 0 Å². The van der Waals surface area contributed by atoms with Crippen LogP contribution in [0.1, 0.15) is 39.2 Å². The Labute approximate surface area is 108 Å². The average Bonchev–Trinajstić information content (AvgIpc) is 2.33. The number of nitrogens with zero attached hydrogens (tertiary/aromatic N) is 1. The first-order valence-corrected chi connectivity index (χ1v) is 6.16. The predicted octanol–water partition coefficient (Wildman–Crippen LogP) is 3.57. The summed E-state index contributed by atoms with van der Waals surface area (Å²) in [5.74, 6) is 1.54. The number of hydrogen-bond donors (Lipinski definition) is 0. The van der Waals surface area contributed by atoms with Crippen LogP contribution in [0.25, 0.3) is 0 Å². The molecule has 1 aromatic rings. The summed E-state index contributed by atoms with van der Waals surface area (Å²) < 4.78 is 11.2. The zero-order valence-corrected chi connectivity index (χ0v) is 11.3. The van der Waals surface area contributed by atoms with Gasteiger partial charge in [0.2, 0.25) is 6.08 Å². The highest BCUT2D eigenvalue weighted by atomic mass is 16.5. The van der Waals surface area contributed by atoms with E-state index in [1.165, 1.54) is 0 Å². The highest BCUT2D eigenvalue weighted by molar-refractivity contribution is 5.64. The van der Waals surface area contributed by atoms with Crippen LogP contribution in [0.15, 0.2) is 17.1 Å². The third kappa shape index (κ3) is 3.11. The molecule has 18 heavy (non-hydrogen) atoms. The van der Waals surface area contributed by atoms with Crippen molar-refractivity contribution in [3.63, 3.8) is 0 Å². The number of benzene rings is 1. The molecule has 0 radical (unpaired) electrons. The van der Waals surface area contributed by atoms with Crippen molar-refractivity contribution < 1.29 is 14.3 Å². The topological polar surface area (TPSA) is 47.9 Å². The molecule has 0 heterocycles. The molecule has 0 N–H and O–H groups in total. The zero-order chi connectivity index (χ0) is 13.5. The molecule has 0 aliphatic heterocycles. The first-order chi connectivity index (χ1) is 8.65. The normalized spacial score (nSPS) is 10.1. The van der Waals surface area contributed by atoms with E-state index >= 15 is 0 Å². The summed E-state index contributed by atoms with van der Waals surface area (Å²) >= 11 is 0. The molecule has 0 amide bonds. The van der Waals surface area contributed by atoms with Crippen molar-refractivity contribution >= 4 is 11.8 Å². The molecule has 0 aliphatic carbocycles. The Hall–Kier alpha value is -1.80. The molecule has 0 bridgehead atoms. The molecular formula is C14H19NO3. The van der Waals surface area contributed by atoms with Gasteiger partial charge in [0.15, 0.2) is 11.5 Å². The van der Waals surface area contributed by atoms with Crippen molar-refractivity contribution in [3.8, 4) is 11.5 Å². The van der Waals surface area contributed by atoms with Crippen LogP contribution in [-0.4, -0.2) is 19.3 Å². The van der Waals surface area contributed by atoms with E-state index in [1.54, 1.807) is 18.2 Å². The Bertz CT molecular complexity index is 449.